The van der Waals surface area contributed by atoms with Crippen LogP contribution in [0.5, 0.6) is 0 Å². The average molecular weight is 348 g/mol. The molecule has 0 aromatic heterocycles. The van der Waals surface area contributed by atoms with Crippen molar-refractivity contribution in [3.8, 4) is 0 Å². The molecule has 1 aliphatic rings. The fraction of sp³-hybridized carbons (Fsp3) is 0.650. The van der Waals surface area contributed by atoms with Crippen LogP contribution in [0.2, 0.25) is 0 Å². The van der Waals surface area contributed by atoms with Crippen molar-refractivity contribution >= 4 is 5.91 Å². The molecule has 0 bridgehead atoms. The zero-order valence-corrected chi connectivity index (χ0v) is 15.8. The summed E-state index contributed by atoms with van der Waals surface area (Å²) in [6, 6.07) is 10.6. The fourth-order valence-electron chi connectivity index (χ4n) is 3.68. The van der Waals surface area contributed by atoms with E-state index in [0.717, 1.165) is 25.7 Å². The molecule has 0 spiro atoms. The summed E-state index contributed by atoms with van der Waals surface area (Å²) in [5, 5.41) is 3.06. The largest absolute Gasteiger partial charge is 0.382 e. The lowest BCUT2D eigenvalue weighted by Gasteiger charge is -2.43. The zero-order valence-electron chi connectivity index (χ0n) is 15.8. The topological polar surface area (TPSA) is 50.8 Å². The first-order valence-corrected chi connectivity index (χ1v) is 9.17. The smallest absolute Gasteiger partial charge is 0.240 e. The number of methoxy groups -OCH3 is 1. The first kappa shape index (κ1) is 19.9. The highest BCUT2D eigenvalue weighted by Gasteiger charge is 2.43. The minimum absolute atomic E-state index is 0.124. The van der Waals surface area contributed by atoms with Crippen molar-refractivity contribution < 1.29 is 14.3 Å². The van der Waals surface area contributed by atoms with Crippen LogP contribution in [0, 0.1) is 0 Å². The van der Waals surface area contributed by atoms with Gasteiger partial charge in [0.1, 0.15) is 0 Å². The lowest BCUT2D eigenvalue weighted by Crippen LogP contribution is -2.58. The first-order chi connectivity index (χ1) is 12.1. The van der Waals surface area contributed by atoms with Gasteiger partial charge in [0.05, 0.1) is 25.4 Å². The number of carbonyl (C=O) groups excluding carboxylic acids is 1. The van der Waals surface area contributed by atoms with Gasteiger partial charge >= 0.3 is 0 Å². The van der Waals surface area contributed by atoms with Crippen molar-refractivity contribution in [3.05, 3.63) is 35.9 Å². The third-order valence-corrected chi connectivity index (χ3v) is 5.33. The number of benzene rings is 1. The Kier molecular flexibility index (Phi) is 7.88. The molecule has 0 saturated heterocycles. The van der Waals surface area contributed by atoms with Gasteiger partial charge in [-0.1, -0.05) is 30.3 Å². The highest BCUT2D eigenvalue weighted by Crippen LogP contribution is 2.40. The number of nitrogens with one attached hydrogen (secondary N) is 1. The molecule has 0 aliphatic heterocycles. The SMILES string of the molecule is COCCOCCNC(=O)C1(N(C)C)CCC(c2ccccc2)CC1. The Balaban J connectivity index is 1.86. The molecule has 1 N–H and O–H groups in total. The second-order valence-electron chi connectivity index (χ2n) is 6.97. The zero-order chi connectivity index (χ0) is 18.1. The maximum absolute atomic E-state index is 12.9. The van der Waals surface area contributed by atoms with E-state index in [2.05, 4.69) is 40.5 Å². The molecule has 140 valence electrons. The van der Waals surface area contributed by atoms with Crippen molar-refractivity contribution in [1.29, 1.82) is 0 Å². The molecule has 1 aromatic rings. The van der Waals surface area contributed by atoms with Crippen molar-refractivity contribution in [1.82, 2.24) is 10.2 Å². The molecule has 1 aliphatic carbocycles. The summed E-state index contributed by atoms with van der Waals surface area (Å²) in [4.78, 5) is 15.0. The molecule has 0 radical (unpaired) electrons. The lowest BCUT2D eigenvalue weighted by atomic mass is 9.73. The second-order valence-corrected chi connectivity index (χ2v) is 6.97. The van der Waals surface area contributed by atoms with Gasteiger partial charge in [-0.05, 0) is 51.3 Å². The number of rotatable bonds is 9. The standard InChI is InChI=1S/C20H32N2O3/c1-22(2)20(19(23)21-13-14-25-16-15-24-3)11-9-18(10-12-20)17-7-5-4-6-8-17/h4-8,18H,9-16H2,1-3H3,(H,21,23). The Morgan fingerprint density at radius 1 is 1.16 bits per heavy atom. The Hall–Kier alpha value is -1.43. The summed E-state index contributed by atoms with van der Waals surface area (Å²) in [6.07, 6.45) is 3.85. The molecule has 1 amide bonds. The molecule has 1 fully saturated rings. The Morgan fingerprint density at radius 2 is 1.84 bits per heavy atom. The fourth-order valence-corrected chi connectivity index (χ4v) is 3.68. The molecule has 1 aromatic carbocycles. The van der Waals surface area contributed by atoms with E-state index >= 15 is 0 Å². The number of ether oxygens (including phenoxy) is 2. The molecule has 5 heteroatoms. The van der Waals surface area contributed by atoms with Crippen LogP contribution in [0.15, 0.2) is 30.3 Å². The summed E-state index contributed by atoms with van der Waals surface area (Å²) in [6.45, 7) is 2.20. The number of carbonyl (C=O) groups is 1. The van der Waals surface area contributed by atoms with Gasteiger partial charge < -0.3 is 14.8 Å². The van der Waals surface area contributed by atoms with E-state index in [1.807, 2.05) is 14.1 Å². The number of likely N-dealkylation sites (N-methyl/N-ethyl adjacent to an activating group) is 1. The Morgan fingerprint density at radius 3 is 2.44 bits per heavy atom. The van der Waals surface area contributed by atoms with Crippen LogP contribution in [-0.4, -0.2) is 63.9 Å². The van der Waals surface area contributed by atoms with Crippen LogP contribution in [0.25, 0.3) is 0 Å². The molecular formula is C20H32N2O3. The Bertz CT molecular complexity index is 511. The molecule has 0 heterocycles. The van der Waals surface area contributed by atoms with Gasteiger partial charge in [0.25, 0.3) is 0 Å². The van der Waals surface area contributed by atoms with Gasteiger partial charge in [0, 0.05) is 13.7 Å². The van der Waals surface area contributed by atoms with E-state index in [-0.39, 0.29) is 5.91 Å². The van der Waals surface area contributed by atoms with E-state index in [4.69, 9.17) is 9.47 Å². The van der Waals surface area contributed by atoms with E-state index < -0.39 is 5.54 Å². The predicted octanol–water partition coefficient (Wildman–Crippen LogP) is 2.42. The monoisotopic (exact) mass is 348 g/mol. The van der Waals surface area contributed by atoms with Gasteiger partial charge in [-0.2, -0.15) is 0 Å². The summed E-state index contributed by atoms with van der Waals surface area (Å²) in [5.41, 5.74) is 0.986. The molecule has 25 heavy (non-hydrogen) atoms. The third kappa shape index (κ3) is 5.27. The van der Waals surface area contributed by atoms with Crippen LogP contribution >= 0.6 is 0 Å². The van der Waals surface area contributed by atoms with Gasteiger partial charge in [-0.3, -0.25) is 9.69 Å². The van der Waals surface area contributed by atoms with Crippen LogP contribution in [0.1, 0.15) is 37.2 Å². The highest BCUT2D eigenvalue weighted by molar-refractivity contribution is 5.86. The number of amides is 1. The quantitative estimate of drug-likeness (QED) is 0.697. The predicted molar refractivity (Wildman–Crippen MR) is 99.8 cm³/mol. The summed E-state index contributed by atoms with van der Waals surface area (Å²) >= 11 is 0. The van der Waals surface area contributed by atoms with Gasteiger partial charge in [-0.15, -0.1) is 0 Å². The highest BCUT2D eigenvalue weighted by atomic mass is 16.5. The summed E-state index contributed by atoms with van der Waals surface area (Å²) < 4.78 is 10.4. The summed E-state index contributed by atoms with van der Waals surface area (Å²) in [7, 11) is 5.67. The number of hydrogen-bond donors (Lipinski definition) is 1. The maximum atomic E-state index is 12.9. The third-order valence-electron chi connectivity index (χ3n) is 5.33. The molecule has 0 unspecified atom stereocenters. The normalized spacial score (nSPS) is 23.6. The molecule has 0 atom stereocenters. The average Bonchev–Trinajstić information content (AvgIpc) is 2.65. The van der Waals surface area contributed by atoms with Gasteiger partial charge in [0.2, 0.25) is 5.91 Å². The lowest BCUT2D eigenvalue weighted by molar-refractivity contribution is -0.134. The minimum Gasteiger partial charge on any atom is -0.382 e. The first-order valence-electron chi connectivity index (χ1n) is 9.17. The second kappa shape index (κ2) is 9.90. The van der Waals surface area contributed by atoms with E-state index in [0.29, 0.717) is 32.3 Å². The minimum atomic E-state index is -0.405. The van der Waals surface area contributed by atoms with Crippen molar-refractivity contribution in [2.24, 2.45) is 0 Å². The Labute approximate surface area is 151 Å². The number of nitrogens with zero attached hydrogens (tertiary/aromatic N) is 1. The summed E-state index contributed by atoms with van der Waals surface area (Å²) in [5.74, 6) is 0.679. The number of hydrogen-bond acceptors (Lipinski definition) is 4. The van der Waals surface area contributed by atoms with E-state index in [9.17, 15) is 4.79 Å². The van der Waals surface area contributed by atoms with Crippen LogP contribution in [-0.2, 0) is 14.3 Å². The van der Waals surface area contributed by atoms with E-state index in [1.54, 1.807) is 7.11 Å². The van der Waals surface area contributed by atoms with Crippen LogP contribution in [0.4, 0.5) is 0 Å². The molecular weight excluding hydrogens is 316 g/mol. The molecule has 1 saturated carbocycles. The van der Waals surface area contributed by atoms with Gasteiger partial charge in [-0.25, -0.2) is 0 Å². The van der Waals surface area contributed by atoms with Crippen LogP contribution < -0.4 is 5.32 Å². The molecule has 5 nitrogen and oxygen atoms in total. The van der Waals surface area contributed by atoms with Crippen molar-refractivity contribution in [2.45, 2.75) is 37.1 Å². The maximum Gasteiger partial charge on any atom is 0.240 e. The van der Waals surface area contributed by atoms with Crippen molar-refractivity contribution in [2.75, 3.05) is 47.6 Å². The van der Waals surface area contributed by atoms with Crippen molar-refractivity contribution in [3.63, 3.8) is 0 Å². The van der Waals surface area contributed by atoms with E-state index in [1.165, 1.54) is 5.56 Å². The molecule has 2 rings (SSSR count). The van der Waals surface area contributed by atoms with Gasteiger partial charge in [0.15, 0.2) is 0 Å². The van der Waals surface area contributed by atoms with Crippen LogP contribution in [0.3, 0.4) is 0 Å².